The summed E-state index contributed by atoms with van der Waals surface area (Å²) < 4.78 is 13.5. The van der Waals surface area contributed by atoms with Gasteiger partial charge in [-0.05, 0) is 69.5 Å². The molecule has 0 aliphatic carbocycles. The van der Waals surface area contributed by atoms with Gasteiger partial charge in [0.25, 0.3) is 0 Å². The molecule has 248 valence electrons. The fourth-order valence-electron chi connectivity index (χ4n) is 7.97. The van der Waals surface area contributed by atoms with Gasteiger partial charge >= 0.3 is 0 Å². The molecule has 0 amide bonds. The van der Waals surface area contributed by atoms with Crippen LogP contribution >= 0.6 is 0 Å². The molecule has 2 heterocycles. The third kappa shape index (κ3) is 5.09. The lowest BCUT2D eigenvalue weighted by Crippen LogP contribution is -2.56. The SMILES string of the molecule is CC1(C)c2ccccc2Oc2c(-c3ccc(N(c4ccc(-c5ccccc5)cc4)c4cccc5c4Oc4ccccc4[Si]5(C)C)cc3)cccc21. The third-order valence-corrected chi connectivity index (χ3v) is 14.3. The van der Waals surface area contributed by atoms with Gasteiger partial charge in [0, 0.05) is 33.5 Å². The summed E-state index contributed by atoms with van der Waals surface area (Å²) in [4.78, 5) is 2.34. The van der Waals surface area contributed by atoms with Crippen molar-refractivity contribution in [2.45, 2.75) is 32.4 Å². The zero-order chi connectivity index (χ0) is 34.7. The van der Waals surface area contributed by atoms with Crippen LogP contribution in [0.2, 0.25) is 13.1 Å². The molecule has 0 atom stereocenters. The van der Waals surface area contributed by atoms with E-state index >= 15 is 0 Å². The maximum Gasteiger partial charge on any atom is 0.151 e. The highest BCUT2D eigenvalue weighted by Crippen LogP contribution is 2.51. The molecule has 0 radical (unpaired) electrons. The van der Waals surface area contributed by atoms with Crippen molar-refractivity contribution in [3.63, 3.8) is 0 Å². The van der Waals surface area contributed by atoms with Crippen LogP contribution in [-0.4, -0.2) is 8.07 Å². The minimum Gasteiger partial charge on any atom is -0.456 e. The average molecular weight is 678 g/mol. The Morgan fingerprint density at radius 1 is 0.451 bits per heavy atom. The Kier molecular flexibility index (Phi) is 7.27. The normalized spacial score (nSPS) is 14.5. The quantitative estimate of drug-likeness (QED) is 0.169. The Bertz CT molecular complexity index is 2410. The van der Waals surface area contributed by atoms with E-state index in [1.54, 1.807) is 0 Å². The molecule has 0 saturated carbocycles. The number of rotatable bonds is 5. The number of hydrogen-bond acceptors (Lipinski definition) is 3. The highest BCUT2D eigenvalue weighted by molar-refractivity contribution is 7.01. The molecule has 9 rings (SSSR count). The van der Waals surface area contributed by atoms with Crippen LogP contribution < -0.4 is 24.7 Å². The van der Waals surface area contributed by atoms with Crippen molar-refractivity contribution in [3.8, 4) is 45.3 Å². The smallest absolute Gasteiger partial charge is 0.151 e. The standard InChI is InChI=1S/C47H39NO2Si/c1-47(2)38-17-8-9-20-41(38)49-45-37(16-12-18-39(45)47)34-26-30-36(31-27-34)48(35-28-24-33(25-29-35)32-14-6-5-7-15-32)40-19-13-23-44-46(40)50-42-21-10-11-22-43(42)51(44,3)4/h5-31H,1-4H3. The molecule has 7 aromatic carbocycles. The maximum absolute atomic E-state index is 6.84. The molecular formula is C47H39NO2Si. The lowest BCUT2D eigenvalue weighted by atomic mass is 9.75. The fourth-order valence-corrected chi connectivity index (χ4v) is 10.8. The lowest BCUT2D eigenvalue weighted by molar-refractivity contribution is 0.419. The molecule has 0 N–H and O–H groups in total. The number of hydrogen-bond donors (Lipinski definition) is 0. The van der Waals surface area contributed by atoms with Gasteiger partial charge < -0.3 is 14.4 Å². The molecule has 7 aromatic rings. The van der Waals surface area contributed by atoms with Crippen LogP contribution in [0.3, 0.4) is 0 Å². The minimum atomic E-state index is -2.03. The monoisotopic (exact) mass is 677 g/mol. The molecule has 2 aliphatic heterocycles. The van der Waals surface area contributed by atoms with Gasteiger partial charge in [-0.3, -0.25) is 0 Å². The second-order valence-electron chi connectivity index (χ2n) is 14.6. The summed E-state index contributed by atoms with van der Waals surface area (Å²) in [5.41, 5.74) is 9.96. The van der Waals surface area contributed by atoms with E-state index in [1.807, 2.05) is 6.07 Å². The van der Waals surface area contributed by atoms with Gasteiger partial charge in [-0.25, -0.2) is 0 Å². The summed E-state index contributed by atoms with van der Waals surface area (Å²) in [5.74, 6) is 3.75. The van der Waals surface area contributed by atoms with Gasteiger partial charge in [0.15, 0.2) is 5.75 Å². The van der Waals surface area contributed by atoms with Gasteiger partial charge in [0.2, 0.25) is 0 Å². The number of benzene rings is 7. The number of ether oxygens (including phenoxy) is 2. The van der Waals surface area contributed by atoms with E-state index in [4.69, 9.17) is 9.47 Å². The van der Waals surface area contributed by atoms with Gasteiger partial charge in [-0.15, -0.1) is 0 Å². The van der Waals surface area contributed by atoms with E-state index in [1.165, 1.54) is 32.6 Å². The molecule has 51 heavy (non-hydrogen) atoms. The van der Waals surface area contributed by atoms with Crippen molar-refractivity contribution in [2.24, 2.45) is 0 Å². The molecule has 0 aromatic heterocycles. The van der Waals surface area contributed by atoms with E-state index in [0.29, 0.717) is 0 Å². The summed E-state index contributed by atoms with van der Waals surface area (Å²) in [6.07, 6.45) is 0. The summed E-state index contributed by atoms with van der Waals surface area (Å²) in [6.45, 7) is 9.42. The Balaban J connectivity index is 1.17. The third-order valence-electron chi connectivity index (χ3n) is 10.8. The highest BCUT2D eigenvalue weighted by atomic mass is 28.3. The summed E-state index contributed by atoms with van der Waals surface area (Å²) >= 11 is 0. The van der Waals surface area contributed by atoms with Crippen LogP contribution in [0.25, 0.3) is 22.3 Å². The Hall–Kier alpha value is -5.84. The zero-order valence-corrected chi connectivity index (χ0v) is 30.4. The van der Waals surface area contributed by atoms with Crippen LogP contribution in [0.1, 0.15) is 25.0 Å². The van der Waals surface area contributed by atoms with Crippen molar-refractivity contribution in [2.75, 3.05) is 4.90 Å². The van der Waals surface area contributed by atoms with E-state index in [0.717, 1.165) is 51.2 Å². The van der Waals surface area contributed by atoms with Crippen molar-refractivity contribution >= 4 is 35.5 Å². The fraction of sp³-hybridized carbons (Fsp3) is 0.106. The predicted octanol–water partition coefficient (Wildman–Crippen LogP) is 11.9. The summed E-state index contributed by atoms with van der Waals surface area (Å²) in [5, 5.41) is 2.63. The molecular weight excluding hydrogens is 639 g/mol. The van der Waals surface area contributed by atoms with Crippen LogP contribution in [-0.2, 0) is 5.41 Å². The van der Waals surface area contributed by atoms with E-state index in [-0.39, 0.29) is 5.41 Å². The summed E-state index contributed by atoms with van der Waals surface area (Å²) in [7, 11) is -2.03. The van der Waals surface area contributed by atoms with Gasteiger partial charge in [-0.1, -0.05) is 148 Å². The zero-order valence-electron chi connectivity index (χ0n) is 29.4. The molecule has 0 saturated heterocycles. The first-order chi connectivity index (χ1) is 24.8. The van der Waals surface area contributed by atoms with Gasteiger partial charge in [0.1, 0.15) is 25.3 Å². The van der Waals surface area contributed by atoms with Crippen molar-refractivity contribution in [1.82, 2.24) is 0 Å². The second-order valence-corrected chi connectivity index (χ2v) is 18.9. The van der Waals surface area contributed by atoms with Crippen LogP contribution in [0.15, 0.2) is 164 Å². The van der Waals surface area contributed by atoms with Crippen LogP contribution in [0, 0.1) is 0 Å². The lowest BCUT2D eigenvalue weighted by Gasteiger charge is -2.36. The molecule has 3 nitrogen and oxygen atoms in total. The number of nitrogens with zero attached hydrogens (tertiary/aromatic N) is 1. The Morgan fingerprint density at radius 2 is 1.00 bits per heavy atom. The average Bonchev–Trinajstić information content (AvgIpc) is 3.16. The van der Waals surface area contributed by atoms with E-state index in [2.05, 4.69) is 190 Å². The Morgan fingerprint density at radius 3 is 1.75 bits per heavy atom. The largest absolute Gasteiger partial charge is 0.456 e. The molecule has 4 heteroatoms. The maximum atomic E-state index is 6.84. The molecule has 0 bridgehead atoms. The molecule has 0 unspecified atom stereocenters. The minimum absolute atomic E-state index is 0.176. The molecule has 0 fully saturated rings. The van der Waals surface area contributed by atoms with Crippen molar-refractivity contribution in [3.05, 3.63) is 175 Å². The van der Waals surface area contributed by atoms with E-state index < -0.39 is 8.07 Å². The molecule has 0 spiro atoms. The molecule has 2 aliphatic rings. The van der Waals surface area contributed by atoms with Crippen LogP contribution in [0.5, 0.6) is 23.0 Å². The van der Waals surface area contributed by atoms with Crippen molar-refractivity contribution < 1.29 is 9.47 Å². The first-order valence-corrected chi connectivity index (χ1v) is 20.7. The van der Waals surface area contributed by atoms with Gasteiger partial charge in [0.05, 0.1) is 5.69 Å². The number of fused-ring (bicyclic) bond motifs is 4. The van der Waals surface area contributed by atoms with E-state index in [9.17, 15) is 0 Å². The number of anilines is 3. The summed E-state index contributed by atoms with van der Waals surface area (Å²) in [6, 6.07) is 58.4. The second kappa shape index (κ2) is 11.9. The van der Waals surface area contributed by atoms with Crippen LogP contribution in [0.4, 0.5) is 17.1 Å². The Labute approximate surface area is 301 Å². The van der Waals surface area contributed by atoms with Gasteiger partial charge in [-0.2, -0.15) is 0 Å². The topological polar surface area (TPSA) is 21.7 Å². The first kappa shape index (κ1) is 31.2. The number of para-hydroxylation sites is 4. The highest BCUT2D eigenvalue weighted by Gasteiger charge is 2.38. The predicted molar refractivity (Wildman–Crippen MR) is 214 cm³/mol. The first-order valence-electron chi connectivity index (χ1n) is 17.7. The van der Waals surface area contributed by atoms with Crippen molar-refractivity contribution in [1.29, 1.82) is 0 Å².